The largest absolute Gasteiger partial charge is 0.316 e. The average molecular weight is 294 g/mol. The van der Waals surface area contributed by atoms with Crippen molar-refractivity contribution >= 4 is 16.1 Å². The third-order valence-electron chi connectivity index (χ3n) is 3.58. The van der Waals surface area contributed by atoms with Gasteiger partial charge in [-0.25, -0.2) is 12.7 Å². The predicted octanol–water partition coefficient (Wildman–Crippen LogP) is 1.92. The first-order valence-corrected chi connectivity index (χ1v) is 8.48. The van der Waals surface area contributed by atoms with Gasteiger partial charge in [-0.2, -0.15) is 0 Å². The first-order chi connectivity index (χ1) is 9.58. The summed E-state index contributed by atoms with van der Waals surface area (Å²) in [7, 11) is -1.68. The van der Waals surface area contributed by atoms with Crippen molar-refractivity contribution in [3.63, 3.8) is 0 Å². The van der Waals surface area contributed by atoms with E-state index >= 15 is 0 Å². The molecule has 0 aliphatic carbocycles. The zero-order valence-corrected chi connectivity index (χ0v) is 12.6. The lowest BCUT2D eigenvalue weighted by Gasteiger charge is -2.26. The van der Waals surface area contributed by atoms with Crippen LogP contribution in [0.1, 0.15) is 18.4 Å². The molecule has 0 bridgehead atoms. The summed E-state index contributed by atoms with van der Waals surface area (Å²) >= 11 is 0. The second-order valence-corrected chi connectivity index (χ2v) is 7.18. The Labute approximate surface area is 121 Å². The summed E-state index contributed by atoms with van der Waals surface area (Å²) < 4.78 is 25.8. The number of nitrogens with one attached hydrogen (secondary N) is 1. The van der Waals surface area contributed by atoms with Gasteiger partial charge in [0.2, 0.25) is 10.0 Å². The maximum Gasteiger partial charge on any atom is 0.235 e. The maximum absolute atomic E-state index is 12.2. The maximum atomic E-state index is 12.2. The molecule has 1 fully saturated rings. The molecule has 1 aliphatic rings. The molecule has 5 heteroatoms. The Morgan fingerprint density at radius 2 is 2.10 bits per heavy atom. The fraction of sp³-hybridized carbons (Fsp3) is 0.467. The molecule has 1 unspecified atom stereocenters. The molecule has 0 amide bonds. The minimum absolute atomic E-state index is 0.411. The van der Waals surface area contributed by atoms with E-state index in [4.69, 9.17) is 0 Å². The Bertz CT molecular complexity index is 534. The Hall–Kier alpha value is -1.17. The van der Waals surface area contributed by atoms with Gasteiger partial charge in [-0.05, 0) is 43.5 Å². The molecule has 110 valence electrons. The van der Waals surface area contributed by atoms with E-state index in [9.17, 15) is 8.42 Å². The summed E-state index contributed by atoms with van der Waals surface area (Å²) in [6.07, 6.45) is 3.86. The number of sulfonamides is 1. The highest BCUT2D eigenvalue weighted by atomic mass is 32.2. The summed E-state index contributed by atoms with van der Waals surface area (Å²) in [4.78, 5) is 0. The molecule has 20 heavy (non-hydrogen) atoms. The molecule has 0 spiro atoms. The van der Waals surface area contributed by atoms with Gasteiger partial charge in [0.15, 0.2) is 0 Å². The standard InChI is InChI=1S/C15H22N2O2S/c1-17(13-15-8-5-10-16-12-15)20(18,19)11-9-14-6-3-2-4-7-14/h2-4,6-7,9,11,15-16H,5,8,10,12-13H2,1H3/b11-9+. The Morgan fingerprint density at radius 3 is 2.75 bits per heavy atom. The minimum Gasteiger partial charge on any atom is -0.316 e. The van der Waals surface area contributed by atoms with Gasteiger partial charge in [-0.15, -0.1) is 0 Å². The van der Waals surface area contributed by atoms with E-state index in [1.807, 2.05) is 30.3 Å². The van der Waals surface area contributed by atoms with Gasteiger partial charge in [0.1, 0.15) is 0 Å². The number of piperidine rings is 1. The normalized spacial score (nSPS) is 20.6. The van der Waals surface area contributed by atoms with Crippen LogP contribution in [0.15, 0.2) is 35.7 Å². The second kappa shape index (κ2) is 7.02. The molecule has 1 heterocycles. The molecule has 0 saturated carbocycles. The molecule has 1 aromatic rings. The molecular weight excluding hydrogens is 272 g/mol. The fourth-order valence-electron chi connectivity index (χ4n) is 2.38. The van der Waals surface area contributed by atoms with E-state index in [-0.39, 0.29) is 0 Å². The molecule has 0 radical (unpaired) electrons. The van der Waals surface area contributed by atoms with Crippen LogP contribution in [-0.2, 0) is 10.0 Å². The van der Waals surface area contributed by atoms with Crippen molar-refractivity contribution < 1.29 is 8.42 Å². The number of hydrogen-bond donors (Lipinski definition) is 1. The van der Waals surface area contributed by atoms with E-state index in [1.165, 1.54) is 9.71 Å². The summed E-state index contributed by atoms with van der Waals surface area (Å²) in [5.41, 5.74) is 0.892. The van der Waals surface area contributed by atoms with E-state index in [0.29, 0.717) is 12.5 Å². The van der Waals surface area contributed by atoms with Crippen LogP contribution in [0.25, 0.3) is 6.08 Å². The molecule has 1 saturated heterocycles. The third kappa shape index (κ3) is 4.44. The van der Waals surface area contributed by atoms with E-state index in [1.54, 1.807) is 13.1 Å². The highest BCUT2D eigenvalue weighted by Gasteiger charge is 2.20. The van der Waals surface area contributed by atoms with Gasteiger partial charge < -0.3 is 5.32 Å². The number of nitrogens with zero attached hydrogens (tertiary/aromatic N) is 1. The molecule has 1 aromatic carbocycles. The summed E-state index contributed by atoms with van der Waals surface area (Å²) in [5, 5.41) is 4.60. The first kappa shape index (κ1) is 15.2. The van der Waals surface area contributed by atoms with Crippen LogP contribution in [0.4, 0.5) is 0 Å². The second-order valence-electron chi connectivity index (χ2n) is 5.25. The van der Waals surface area contributed by atoms with Crippen LogP contribution < -0.4 is 5.32 Å². The Balaban J connectivity index is 1.96. The Morgan fingerprint density at radius 1 is 1.35 bits per heavy atom. The predicted molar refractivity (Wildman–Crippen MR) is 82.6 cm³/mol. The SMILES string of the molecule is CN(CC1CCCNC1)S(=O)(=O)/C=C/c1ccccc1. The fourth-order valence-corrected chi connectivity index (χ4v) is 3.34. The number of hydrogen-bond acceptors (Lipinski definition) is 3. The first-order valence-electron chi connectivity index (χ1n) is 6.98. The topological polar surface area (TPSA) is 49.4 Å². The third-order valence-corrected chi connectivity index (χ3v) is 5.08. The van der Waals surface area contributed by atoms with Crippen molar-refractivity contribution in [2.24, 2.45) is 5.92 Å². The van der Waals surface area contributed by atoms with Gasteiger partial charge in [0.25, 0.3) is 0 Å². The van der Waals surface area contributed by atoms with Crippen LogP contribution in [0.5, 0.6) is 0 Å². The monoisotopic (exact) mass is 294 g/mol. The average Bonchev–Trinajstić information content (AvgIpc) is 2.47. The molecule has 1 atom stereocenters. The highest BCUT2D eigenvalue weighted by Crippen LogP contribution is 2.14. The number of benzene rings is 1. The quantitative estimate of drug-likeness (QED) is 0.902. The van der Waals surface area contributed by atoms with E-state index in [2.05, 4.69) is 5.32 Å². The van der Waals surface area contributed by atoms with Gasteiger partial charge in [0.05, 0.1) is 0 Å². The van der Waals surface area contributed by atoms with Crippen LogP contribution in [0.2, 0.25) is 0 Å². The molecule has 1 N–H and O–H groups in total. The smallest absolute Gasteiger partial charge is 0.235 e. The minimum atomic E-state index is -3.33. The van der Waals surface area contributed by atoms with Gasteiger partial charge in [0, 0.05) is 19.0 Å². The summed E-state index contributed by atoms with van der Waals surface area (Å²) in [6.45, 7) is 2.53. The van der Waals surface area contributed by atoms with Crippen molar-refractivity contribution in [3.05, 3.63) is 41.3 Å². The Kier molecular flexibility index (Phi) is 5.34. The zero-order chi connectivity index (χ0) is 14.4. The van der Waals surface area contributed by atoms with E-state index in [0.717, 1.165) is 31.5 Å². The van der Waals surface area contributed by atoms with Crippen molar-refractivity contribution in [2.75, 3.05) is 26.7 Å². The van der Waals surface area contributed by atoms with Crippen molar-refractivity contribution in [1.29, 1.82) is 0 Å². The summed E-state index contributed by atoms with van der Waals surface area (Å²) in [6, 6.07) is 9.47. The molecule has 0 aromatic heterocycles. The molecule has 4 nitrogen and oxygen atoms in total. The van der Waals surface area contributed by atoms with E-state index < -0.39 is 10.0 Å². The highest BCUT2D eigenvalue weighted by molar-refractivity contribution is 7.92. The van der Waals surface area contributed by atoms with Gasteiger partial charge in [-0.1, -0.05) is 30.3 Å². The lowest BCUT2D eigenvalue weighted by atomic mass is 10.00. The van der Waals surface area contributed by atoms with Crippen LogP contribution in [-0.4, -0.2) is 39.4 Å². The lowest BCUT2D eigenvalue weighted by Crippen LogP contribution is -2.38. The van der Waals surface area contributed by atoms with Crippen molar-refractivity contribution in [1.82, 2.24) is 9.62 Å². The summed E-state index contributed by atoms with van der Waals surface area (Å²) in [5.74, 6) is 0.411. The van der Waals surface area contributed by atoms with Gasteiger partial charge in [-0.3, -0.25) is 0 Å². The van der Waals surface area contributed by atoms with Crippen molar-refractivity contribution in [2.45, 2.75) is 12.8 Å². The zero-order valence-electron chi connectivity index (χ0n) is 11.8. The van der Waals surface area contributed by atoms with Crippen LogP contribution in [0, 0.1) is 5.92 Å². The van der Waals surface area contributed by atoms with Crippen LogP contribution in [0.3, 0.4) is 0 Å². The van der Waals surface area contributed by atoms with Crippen molar-refractivity contribution in [3.8, 4) is 0 Å². The molecule has 1 aliphatic heterocycles. The number of rotatable bonds is 5. The van der Waals surface area contributed by atoms with Gasteiger partial charge >= 0.3 is 0 Å². The lowest BCUT2D eigenvalue weighted by molar-refractivity contribution is 0.316. The molecular formula is C15H22N2O2S. The van der Waals surface area contributed by atoms with Crippen LogP contribution >= 0.6 is 0 Å². The molecule has 2 rings (SSSR count).